The van der Waals surface area contributed by atoms with Crippen LogP contribution in [0, 0.1) is 11.3 Å². The normalized spacial score (nSPS) is 11.2. The molecular weight excluding hydrogens is 263 g/mol. The van der Waals surface area contributed by atoms with Crippen molar-refractivity contribution in [3.63, 3.8) is 0 Å². The highest BCUT2D eigenvalue weighted by molar-refractivity contribution is 5.54. The second kappa shape index (κ2) is 5.03. The van der Waals surface area contributed by atoms with Gasteiger partial charge in [-0.3, -0.25) is 0 Å². The summed E-state index contributed by atoms with van der Waals surface area (Å²) in [7, 11) is 1.05. The molecule has 0 spiro atoms. The van der Waals surface area contributed by atoms with E-state index in [1.807, 2.05) is 0 Å². The summed E-state index contributed by atoms with van der Waals surface area (Å²) in [5, 5.41) is 8.68. The van der Waals surface area contributed by atoms with Crippen molar-refractivity contribution in [3.05, 3.63) is 17.5 Å². The molecule has 0 N–H and O–H groups in total. The van der Waals surface area contributed by atoms with Crippen molar-refractivity contribution in [1.82, 2.24) is 4.98 Å². The molecule has 1 rings (SSSR count). The van der Waals surface area contributed by atoms with E-state index < -0.39 is 29.8 Å². The van der Waals surface area contributed by atoms with E-state index in [4.69, 9.17) is 5.26 Å². The van der Waals surface area contributed by atoms with Gasteiger partial charge < -0.3 is 9.47 Å². The Morgan fingerprint density at radius 3 is 2.39 bits per heavy atom. The van der Waals surface area contributed by atoms with Gasteiger partial charge in [0, 0.05) is 0 Å². The molecule has 0 aliphatic heterocycles. The molecular formula is C9H5F5N2O2. The molecule has 1 aromatic heterocycles. The van der Waals surface area contributed by atoms with E-state index in [1.54, 1.807) is 0 Å². The van der Waals surface area contributed by atoms with Gasteiger partial charge >= 0.3 is 6.36 Å². The van der Waals surface area contributed by atoms with Crippen LogP contribution in [0.5, 0.6) is 11.5 Å². The fraction of sp³-hybridized carbons (Fsp3) is 0.333. The number of aromatic nitrogens is 1. The van der Waals surface area contributed by atoms with Gasteiger partial charge in [0.25, 0.3) is 6.43 Å². The Hall–Kier alpha value is -2.11. The number of methoxy groups -OCH3 is 1. The zero-order valence-corrected chi connectivity index (χ0v) is 8.76. The summed E-state index contributed by atoms with van der Waals surface area (Å²) in [6, 6.07) is 1.31. The van der Waals surface area contributed by atoms with Crippen LogP contribution in [0.15, 0.2) is 6.20 Å². The number of hydrogen-bond acceptors (Lipinski definition) is 4. The summed E-state index contributed by atoms with van der Waals surface area (Å²) in [5.41, 5.74) is -2.06. The predicted molar refractivity (Wildman–Crippen MR) is 47.1 cm³/mol. The van der Waals surface area contributed by atoms with Crippen LogP contribution in [0.25, 0.3) is 0 Å². The molecule has 0 aliphatic carbocycles. The average molecular weight is 268 g/mol. The summed E-state index contributed by atoms with van der Waals surface area (Å²) < 4.78 is 69.2. The molecule has 4 nitrogen and oxygen atoms in total. The predicted octanol–water partition coefficient (Wildman–Crippen LogP) is 2.80. The molecule has 98 valence electrons. The van der Waals surface area contributed by atoms with E-state index in [0.29, 0.717) is 0 Å². The topological polar surface area (TPSA) is 55.1 Å². The maximum Gasteiger partial charge on any atom is 0.573 e. The van der Waals surface area contributed by atoms with Gasteiger partial charge in [0.1, 0.15) is 11.6 Å². The number of halogens is 5. The first kappa shape index (κ1) is 14.0. The van der Waals surface area contributed by atoms with Crippen molar-refractivity contribution in [2.24, 2.45) is 0 Å². The van der Waals surface area contributed by atoms with Crippen molar-refractivity contribution in [2.75, 3.05) is 7.11 Å². The van der Waals surface area contributed by atoms with Gasteiger partial charge in [0.05, 0.1) is 13.3 Å². The maximum atomic E-state index is 12.5. The van der Waals surface area contributed by atoms with Crippen molar-refractivity contribution in [2.45, 2.75) is 12.8 Å². The molecule has 1 aromatic rings. The first-order valence-electron chi connectivity index (χ1n) is 4.31. The number of nitriles is 1. The van der Waals surface area contributed by atoms with E-state index in [1.165, 1.54) is 6.07 Å². The van der Waals surface area contributed by atoms with Crippen LogP contribution in [0.3, 0.4) is 0 Å². The van der Waals surface area contributed by atoms with Gasteiger partial charge in [-0.2, -0.15) is 5.26 Å². The van der Waals surface area contributed by atoms with Crippen LogP contribution in [0.2, 0.25) is 0 Å². The first-order chi connectivity index (χ1) is 8.30. The van der Waals surface area contributed by atoms with Crippen molar-refractivity contribution in [3.8, 4) is 17.6 Å². The third-order valence-electron chi connectivity index (χ3n) is 1.78. The highest BCUT2D eigenvalue weighted by Crippen LogP contribution is 2.37. The average Bonchev–Trinajstić information content (AvgIpc) is 2.25. The minimum atomic E-state index is -5.22. The quantitative estimate of drug-likeness (QED) is 0.791. The van der Waals surface area contributed by atoms with E-state index in [9.17, 15) is 22.0 Å². The lowest BCUT2D eigenvalue weighted by Crippen LogP contribution is -2.19. The van der Waals surface area contributed by atoms with Gasteiger partial charge in [-0.05, 0) is 0 Å². The molecule has 0 saturated carbocycles. The second-order valence-corrected chi connectivity index (χ2v) is 2.88. The number of hydrogen-bond donors (Lipinski definition) is 0. The van der Waals surface area contributed by atoms with Crippen LogP contribution >= 0.6 is 0 Å². The van der Waals surface area contributed by atoms with Crippen molar-refractivity contribution >= 4 is 0 Å². The fourth-order valence-corrected chi connectivity index (χ4v) is 1.13. The fourth-order valence-electron chi connectivity index (χ4n) is 1.13. The molecule has 1 heterocycles. The summed E-state index contributed by atoms with van der Waals surface area (Å²) >= 11 is 0. The molecule has 9 heteroatoms. The van der Waals surface area contributed by atoms with Gasteiger partial charge in [-0.25, -0.2) is 13.8 Å². The Kier molecular flexibility index (Phi) is 3.90. The Labute approximate surface area is 97.6 Å². The minimum Gasteiger partial charge on any atom is -0.494 e. The second-order valence-electron chi connectivity index (χ2n) is 2.88. The minimum absolute atomic E-state index is 0.388. The van der Waals surface area contributed by atoms with Crippen LogP contribution < -0.4 is 9.47 Å². The van der Waals surface area contributed by atoms with Gasteiger partial charge in [-0.15, -0.1) is 13.2 Å². The Balaban J connectivity index is 3.45. The van der Waals surface area contributed by atoms with Gasteiger partial charge in [0.15, 0.2) is 17.2 Å². The molecule has 0 aromatic carbocycles. The zero-order chi connectivity index (χ0) is 13.9. The third kappa shape index (κ3) is 2.97. The van der Waals surface area contributed by atoms with E-state index in [-0.39, 0.29) is 5.75 Å². The van der Waals surface area contributed by atoms with Crippen molar-refractivity contribution in [1.29, 1.82) is 5.26 Å². The SMILES string of the molecule is COc1cnc(C(F)F)c(OC(F)(F)F)c1C#N. The number of nitrogens with zero attached hydrogens (tertiary/aromatic N) is 2. The highest BCUT2D eigenvalue weighted by atomic mass is 19.4. The Morgan fingerprint density at radius 1 is 1.39 bits per heavy atom. The maximum absolute atomic E-state index is 12.5. The lowest BCUT2D eigenvalue weighted by molar-refractivity contribution is -0.275. The molecule has 0 atom stereocenters. The van der Waals surface area contributed by atoms with Crippen LogP contribution in [0.4, 0.5) is 22.0 Å². The standard InChI is InChI=1S/C9H5F5N2O2/c1-17-5-3-16-6(8(10)11)7(4(5)2-15)18-9(12,13)14/h3,8H,1H3. The molecule has 0 aliphatic rings. The number of alkyl halides is 5. The van der Waals surface area contributed by atoms with E-state index in [0.717, 1.165) is 13.3 Å². The lowest BCUT2D eigenvalue weighted by Gasteiger charge is -2.15. The van der Waals surface area contributed by atoms with E-state index in [2.05, 4.69) is 14.5 Å². The first-order valence-corrected chi connectivity index (χ1v) is 4.31. The third-order valence-corrected chi connectivity index (χ3v) is 1.78. The number of ether oxygens (including phenoxy) is 2. The zero-order valence-electron chi connectivity index (χ0n) is 8.76. The molecule has 0 radical (unpaired) electrons. The summed E-state index contributed by atoms with van der Waals surface area (Å²) in [6.45, 7) is 0. The number of rotatable bonds is 3. The van der Waals surface area contributed by atoms with E-state index >= 15 is 0 Å². The molecule has 0 unspecified atom stereocenters. The highest BCUT2D eigenvalue weighted by Gasteiger charge is 2.36. The Bertz CT molecular complexity index is 481. The van der Waals surface area contributed by atoms with Crippen molar-refractivity contribution < 1.29 is 31.4 Å². The number of pyridine rings is 1. The smallest absolute Gasteiger partial charge is 0.494 e. The molecule has 0 amide bonds. The van der Waals surface area contributed by atoms with Crippen LogP contribution in [0.1, 0.15) is 17.7 Å². The summed E-state index contributed by atoms with van der Waals surface area (Å²) in [6.07, 6.45) is -7.81. The largest absolute Gasteiger partial charge is 0.573 e. The van der Waals surface area contributed by atoms with Gasteiger partial charge in [0.2, 0.25) is 0 Å². The van der Waals surface area contributed by atoms with Crippen LogP contribution in [-0.4, -0.2) is 18.5 Å². The lowest BCUT2D eigenvalue weighted by atomic mass is 10.2. The van der Waals surface area contributed by atoms with Crippen LogP contribution in [-0.2, 0) is 0 Å². The molecule has 0 bridgehead atoms. The molecule has 0 saturated heterocycles. The monoisotopic (exact) mass is 268 g/mol. The Morgan fingerprint density at radius 2 is 2.00 bits per heavy atom. The van der Waals surface area contributed by atoms with Gasteiger partial charge in [-0.1, -0.05) is 0 Å². The molecule has 0 fully saturated rings. The summed E-state index contributed by atoms with van der Waals surface area (Å²) in [4.78, 5) is 3.09. The molecule has 18 heavy (non-hydrogen) atoms. The summed E-state index contributed by atoms with van der Waals surface area (Å²) in [5.74, 6) is -1.74.